The van der Waals surface area contributed by atoms with Crippen molar-refractivity contribution in [3.05, 3.63) is 29.8 Å². The first kappa shape index (κ1) is 11.4. The van der Waals surface area contributed by atoms with E-state index in [9.17, 15) is 0 Å². The van der Waals surface area contributed by atoms with Crippen molar-refractivity contribution in [3.63, 3.8) is 0 Å². The van der Waals surface area contributed by atoms with Crippen molar-refractivity contribution in [2.75, 3.05) is 26.7 Å². The molecule has 3 nitrogen and oxygen atoms in total. The first-order valence-electron chi connectivity index (χ1n) is 5.90. The van der Waals surface area contributed by atoms with Gasteiger partial charge in [-0.2, -0.15) is 0 Å². The highest BCUT2D eigenvalue weighted by molar-refractivity contribution is 5.30. The fourth-order valence-corrected chi connectivity index (χ4v) is 2.44. The Morgan fingerprint density at radius 2 is 2.12 bits per heavy atom. The minimum atomic E-state index is 0.546. The van der Waals surface area contributed by atoms with Crippen molar-refractivity contribution in [1.29, 1.82) is 0 Å². The second-order valence-electron chi connectivity index (χ2n) is 4.37. The Bertz CT molecular complexity index is 323. The van der Waals surface area contributed by atoms with Gasteiger partial charge in [-0.25, -0.2) is 0 Å². The zero-order valence-corrected chi connectivity index (χ0v) is 9.78. The number of benzene rings is 1. The summed E-state index contributed by atoms with van der Waals surface area (Å²) in [5.74, 6) is 2.07. The van der Waals surface area contributed by atoms with Crippen LogP contribution in [0.1, 0.15) is 17.9 Å². The minimum absolute atomic E-state index is 0.546. The van der Waals surface area contributed by atoms with Gasteiger partial charge in [0.15, 0.2) is 0 Å². The van der Waals surface area contributed by atoms with Crippen LogP contribution in [0.3, 0.4) is 0 Å². The molecule has 0 radical (unpaired) electrons. The molecule has 16 heavy (non-hydrogen) atoms. The predicted molar refractivity (Wildman–Crippen MR) is 65.8 cm³/mol. The Hall–Kier alpha value is -1.06. The summed E-state index contributed by atoms with van der Waals surface area (Å²) >= 11 is 0. The highest BCUT2D eigenvalue weighted by Gasteiger charge is 2.24. The Balaban J connectivity index is 2.14. The number of methoxy groups -OCH3 is 1. The lowest BCUT2D eigenvalue weighted by Gasteiger charge is -2.31. The summed E-state index contributed by atoms with van der Waals surface area (Å²) in [7, 11) is 1.69. The molecule has 3 heteroatoms. The summed E-state index contributed by atoms with van der Waals surface area (Å²) in [6.45, 7) is 2.90. The van der Waals surface area contributed by atoms with Crippen LogP contribution in [-0.4, -0.2) is 26.7 Å². The fraction of sp³-hybridized carbons (Fsp3) is 0.538. The molecular formula is C13H20N2O. The van der Waals surface area contributed by atoms with Crippen molar-refractivity contribution in [2.24, 2.45) is 11.7 Å². The molecule has 0 aromatic heterocycles. The quantitative estimate of drug-likeness (QED) is 0.808. The minimum Gasteiger partial charge on any atom is -0.497 e. The number of piperidine rings is 1. The molecule has 1 saturated heterocycles. The van der Waals surface area contributed by atoms with E-state index in [1.54, 1.807) is 7.11 Å². The van der Waals surface area contributed by atoms with Crippen LogP contribution >= 0.6 is 0 Å². The van der Waals surface area contributed by atoms with Gasteiger partial charge in [-0.05, 0) is 43.1 Å². The molecule has 0 bridgehead atoms. The second kappa shape index (κ2) is 5.32. The summed E-state index contributed by atoms with van der Waals surface area (Å²) in [5.41, 5.74) is 7.20. The van der Waals surface area contributed by atoms with Crippen LogP contribution < -0.4 is 15.8 Å². The lowest BCUT2D eigenvalue weighted by Crippen LogP contribution is -2.38. The summed E-state index contributed by atoms with van der Waals surface area (Å²) < 4.78 is 5.17. The zero-order chi connectivity index (χ0) is 11.4. The van der Waals surface area contributed by atoms with Gasteiger partial charge in [0, 0.05) is 12.5 Å². The molecule has 0 aliphatic carbocycles. The highest BCUT2D eigenvalue weighted by atomic mass is 16.5. The monoisotopic (exact) mass is 220 g/mol. The Morgan fingerprint density at radius 1 is 1.38 bits per heavy atom. The lowest BCUT2D eigenvalue weighted by atomic mass is 9.81. The van der Waals surface area contributed by atoms with E-state index in [1.807, 2.05) is 12.1 Å². The Kier molecular flexibility index (Phi) is 3.80. The third kappa shape index (κ3) is 2.36. The van der Waals surface area contributed by atoms with E-state index >= 15 is 0 Å². The van der Waals surface area contributed by atoms with Crippen LogP contribution in [-0.2, 0) is 0 Å². The van der Waals surface area contributed by atoms with Crippen molar-refractivity contribution in [2.45, 2.75) is 12.3 Å². The molecule has 1 aromatic rings. The summed E-state index contributed by atoms with van der Waals surface area (Å²) in [4.78, 5) is 0. The van der Waals surface area contributed by atoms with Crippen LogP contribution in [0.15, 0.2) is 24.3 Å². The molecule has 0 amide bonds. The number of ether oxygens (including phenoxy) is 1. The van der Waals surface area contributed by atoms with Crippen LogP contribution in [0.2, 0.25) is 0 Å². The normalized spacial score (nSPS) is 25.4. The lowest BCUT2D eigenvalue weighted by molar-refractivity contribution is 0.331. The largest absolute Gasteiger partial charge is 0.497 e. The topological polar surface area (TPSA) is 47.3 Å². The van der Waals surface area contributed by atoms with E-state index in [0.717, 1.165) is 25.4 Å². The molecule has 88 valence electrons. The third-order valence-electron chi connectivity index (χ3n) is 3.47. The van der Waals surface area contributed by atoms with Crippen molar-refractivity contribution in [3.8, 4) is 5.75 Å². The number of hydrogen-bond acceptors (Lipinski definition) is 3. The molecule has 3 N–H and O–H groups in total. The fourth-order valence-electron chi connectivity index (χ4n) is 2.44. The maximum Gasteiger partial charge on any atom is 0.118 e. The molecule has 1 aliphatic rings. The molecule has 1 fully saturated rings. The zero-order valence-electron chi connectivity index (χ0n) is 9.78. The van der Waals surface area contributed by atoms with Gasteiger partial charge in [0.25, 0.3) is 0 Å². The molecule has 2 atom stereocenters. The van der Waals surface area contributed by atoms with Gasteiger partial charge >= 0.3 is 0 Å². The molecule has 2 unspecified atom stereocenters. The standard InChI is InChI=1S/C13H20N2O/c1-16-12-4-2-10(3-5-12)13-9-15-7-6-11(13)8-14/h2-5,11,13,15H,6-9,14H2,1H3. The summed E-state index contributed by atoms with van der Waals surface area (Å²) in [5, 5.41) is 3.44. The number of nitrogens with two attached hydrogens (primary N) is 1. The Morgan fingerprint density at radius 3 is 2.75 bits per heavy atom. The molecule has 0 spiro atoms. The van der Waals surface area contributed by atoms with Crippen molar-refractivity contribution >= 4 is 0 Å². The van der Waals surface area contributed by atoms with Gasteiger partial charge in [0.2, 0.25) is 0 Å². The predicted octanol–water partition coefficient (Wildman–Crippen LogP) is 1.35. The third-order valence-corrected chi connectivity index (χ3v) is 3.47. The SMILES string of the molecule is COc1ccc(C2CNCCC2CN)cc1. The number of hydrogen-bond donors (Lipinski definition) is 2. The van der Waals surface area contributed by atoms with E-state index in [2.05, 4.69) is 17.4 Å². The number of rotatable bonds is 3. The van der Waals surface area contributed by atoms with E-state index in [-0.39, 0.29) is 0 Å². The van der Waals surface area contributed by atoms with Crippen molar-refractivity contribution in [1.82, 2.24) is 5.32 Å². The first-order valence-corrected chi connectivity index (χ1v) is 5.90. The van der Waals surface area contributed by atoms with E-state index in [0.29, 0.717) is 11.8 Å². The van der Waals surface area contributed by atoms with Crippen molar-refractivity contribution < 1.29 is 4.74 Å². The average molecular weight is 220 g/mol. The van der Waals surface area contributed by atoms with Crippen LogP contribution in [0.5, 0.6) is 5.75 Å². The van der Waals surface area contributed by atoms with E-state index in [1.165, 1.54) is 12.0 Å². The smallest absolute Gasteiger partial charge is 0.118 e. The van der Waals surface area contributed by atoms with E-state index < -0.39 is 0 Å². The molecule has 1 aliphatic heterocycles. The van der Waals surface area contributed by atoms with Crippen LogP contribution in [0, 0.1) is 5.92 Å². The highest BCUT2D eigenvalue weighted by Crippen LogP contribution is 2.29. The van der Waals surface area contributed by atoms with Gasteiger partial charge in [-0.15, -0.1) is 0 Å². The maximum atomic E-state index is 5.83. The maximum absolute atomic E-state index is 5.83. The number of nitrogens with one attached hydrogen (secondary N) is 1. The summed E-state index contributed by atoms with van der Waals surface area (Å²) in [6.07, 6.45) is 1.17. The Labute approximate surface area is 97.0 Å². The van der Waals surface area contributed by atoms with Crippen LogP contribution in [0.25, 0.3) is 0 Å². The summed E-state index contributed by atoms with van der Waals surface area (Å²) in [6, 6.07) is 8.35. The molecule has 1 heterocycles. The van der Waals surface area contributed by atoms with Gasteiger partial charge < -0.3 is 15.8 Å². The first-order chi connectivity index (χ1) is 7.85. The van der Waals surface area contributed by atoms with Crippen LogP contribution in [0.4, 0.5) is 0 Å². The van der Waals surface area contributed by atoms with E-state index in [4.69, 9.17) is 10.5 Å². The van der Waals surface area contributed by atoms with Gasteiger partial charge in [0.1, 0.15) is 5.75 Å². The molecule has 2 rings (SSSR count). The average Bonchev–Trinajstić information content (AvgIpc) is 2.39. The molecule has 0 saturated carbocycles. The van der Waals surface area contributed by atoms with Gasteiger partial charge in [-0.3, -0.25) is 0 Å². The van der Waals surface area contributed by atoms with Gasteiger partial charge in [-0.1, -0.05) is 12.1 Å². The van der Waals surface area contributed by atoms with Gasteiger partial charge in [0.05, 0.1) is 7.11 Å². The second-order valence-corrected chi connectivity index (χ2v) is 4.37. The molecule has 1 aromatic carbocycles. The molecular weight excluding hydrogens is 200 g/mol.